The first-order chi connectivity index (χ1) is 16.8. The van der Waals surface area contributed by atoms with Crippen molar-refractivity contribution in [1.82, 2.24) is 16.0 Å². The van der Waals surface area contributed by atoms with Crippen molar-refractivity contribution in [2.45, 2.75) is 51.6 Å². The third-order valence-electron chi connectivity index (χ3n) is 5.39. The number of phenols is 1. The Morgan fingerprint density at radius 2 is 1.54 bits per heavy atom. The molecule has 2 aromatic carbocycles. The monoisotopic (exact) mass is 482 g/mol. The van der Waals surface area contributed by atoms with Crippen LogP contribution in [0.4, 0.5) is 0 Å². The van der Waals surface area contributed by atoms with Gasteiger partial charge in [-0.3, -0.25) is 14.4 Å². The Morgan fingerprint density at radius 1 is 0.886 bits per heavy atom. The summed E-state index contributed by atoms with van der Waals surface area (Å²) in [6, 6.07) is 12.3. The SMILES string of the molecule is CC(=O)CCCCCNC(=O)[C@H](Cc1ccc(O)cc1)NC(=O)CNC(=O)c1ccc(CN)cc1. The first-order valence-electron chi connectivity index (χ1n) is 11.7. The molecule has 9 heteroatoms. The summed E-state index contributed by atoms with van der Waals surface area (Å²) in [5.41, 5.74) is 7.61. The van der Waals surface area contributed by atoms with E-state index in [0.717, 1.165) is 30.4 Å². The fourth-order valence-electron chi connectivity index (χ4n) is 3.39. The summed E-state index contributed by atoms with van der Waals surface area (Å²) in [7, 11) is 0. The van der Waals surface area contributed by atoms with E-state index in [1.807, 2.05) is 0 Å². The second-order valence-corrected chi connectivity index (χ2v) is 8.38. The highest BCUT2D eigenvalue weighted by atomic mass is 16.3. The summed E-state index contributed by atoms with van der Waals surface area (Å²) < 4.78 is 0. The third kappa shape index (κ3) is 10.4. The molecule has 3 amide bonds. The van der Waals surface area contributed by atoms with E-state index < -0.39 is 17.9 Å². The Labute approximate surface area is 205 Å². The minimum absolute atomic E-state index is 0.103. The Kier molecular flexibility index (Phi) is 11.4. The molecular formula is C26H34N4O5. The van der Waals surface area contributed by atoms with Crippen LogP contribution in [0.25, 0.3) is 0 Å². The van der Waals surface area contributed by atoms with Crippen LogP contribution in [0.1, 0.15) is 54.1 Å². The summed E-state index contributed by atoms with van der Waals surface area (Å²) in [6.07, 6.45) is 3.05. The van der Waals surface area contributed by atoms with Gasteiger partial charge in [0.25, 0.3) is 5.91 Å². The number of ketones is 1. The van der Waals surface area contributed by atoms with Crippen LogP contribution in [-0.2, 0) is 27.3 Å². The number of nitrogens with one attached hydrogen (secondary N) is 3. The number of unbranched alkanes of at least 4 members (excludes halogenated alkanes) is 2. The Balaban J connectivity index is 1.91. The molecule has 2 aromatic rings. The summed E-state index contributed by atoms with van der Waals surface area (Å²) in [5.74, 6) is -1.01. The third-order valence-corrected chi connectivity index (χ3v) is 5.39. The number of phenolic OH excluding ortho intramolecular Hbond substituents is 1. The molecule has 6 N–H and O–H groups in total. The summed E-state index contributed by atoms with van der Waals surface area (Å²) in [5, 5.41) is 17.6. The van der Waals surface area contributed by atoms with Crippen LogP contribution in [0.15, 0.2) is 48.5 Å². The summed E-state index contributed by atoms with van der Waals surface area (Å²) in [6.45, 7) is 2.06. The number of hydrogen-bond donors (Lipinski definition) is 5. The van der Waals surface area contributed by atoms with E-state index >= 15 is 0 Å². The van der Waals surface area contributed by atoms with Crippen LogP contribution in [0.5, 0.6) is 5.75 Å². The molecule has 0 unspecified atom stereocenters. The molecule has 2 rings (SSSR count). The number of benzene rings is 2. The van der Waals surface area contributed by atoms with Crippen molar-refractivity contribution in [3.8, 4) is 5.75 Å². The van der Waals surface area contributed by atoms with E-state index in [-0.39, 0.29) is 30.4 Å². The number of hydrogen-bond acceptors (Lipinski definition) is 6. The number of rotatable bonds is 14. The summed E-state index contributed by atoms with van der Waals surface area (Å²) in [4.78, 5) is 48.6. The molecule has 0 spiro atoms. The zero-order valence-corrected chi connectivity index (χ0v) is 20.0. The van der Waals surface area contributed by atoms with E-state index in [1.165, 1.54) is 12.1 Å². The van der Waals surface area contributed by atoms with Gasteiger partial charge in [0.15, 0.2) is 0 Å². The van der Waals surface area contributed by atoms with Gasteiger partial charge in [-0.05, 0) is 55.2 Å². The molecule has 0 aliphatic heterocycles. The first kappa shape index (κ1) is 27.5. The standard InChI is InChI=1S/C26H34N4O5/c1-18(31)5-3-2-4-14-28-26(35)23(15-19-8-12-22(32)13-9-19)30-24(33)17-29-25(34)21-10-6-20(16-27)7-11-21/h6-13,23,32H,2-5,14-17,27H2,1H3,(H,28,35)(H,29,34)(H,30,33)/t23-/m0/s1. The van der Waals surface area contributed by atoms with Crippen molar-refractivity contribution in [1.29, 1.82) is 0 Å². The van der Waals surface area contributed by atoms with Crippen molar-refractivity contribution < 1.29 is 24.3 Å². The second kappa shape index (κ2) is 14.5. The molecule has 0 radical (unpaired) electrons. The smallest absolute Gasteiger partial charge is 0.251 e. The molecule has 9 nitrogen and oxygen atoms in total. The number of carbonyl (C=O) groups excluding carboxylic acids is 4. The Morgan fingerprint density at radius 3 is 2.17 bits per heavy atom. The van der Waals surface area contributed by atoms with E-state index in [0.29, 0.717) is 25.1 Å². The maximum atomic E-state index is 12.8. The Hall–Kier alpha value is -3.72. The zero-order valence-electron chi connectivity index (χ0n) is 20.0. The first-order valence-corrected chi connectivity index (χ1v) is 11.7. The lowest BCUT2D eigenvalue weighted by Gasteiger charge is -2.19. The normalized spacial score (nSPS) is 11.4. The van der Waals surface area contributed by atoms with E-state index in [1.54, 1.807) is 43.3 Å². The predicted octanol–water partition coefficient (Wildman–Crippen LogP) is 1.57. The number of aromatic hydroxyl groups is 1. The summed E-state index contributed by atoms with van der Waals surface area (Å²) >= 11 is 0. The molecule has 0 aliphatic carbocycles. The molecule has 0 heterocycles. The molecule has 188 valence electrons. The highest BCUT2D eigenvalue weighted by Crippen LogP contribution is 2.12. The van der Waals surface area contributed by atoms with Gasteiger partial charge in [0.1, 0.15) is 17.6 Å². The molecule has 0 aromatic heterocycles. The van der Waals surface area contributed by atoms with Gasteiger partial charge in [-0.25, -0.2) is 0 Å². The highest BCUT2D eigenvalue weighted by Gasteiger charge is 2.21. The predicted molar refractivity (Wildman–Crippen MR) is 133 cm³/mol. The molecule has 0 saturated carbocycles. The quantitative estimate of drug-likeness (QED) is 0.258. The molecule has 35 heavy (non-hydrogen) atoms. The van der Waals surface area contributed by atoms with Crippen molar-refractivity contribution in [3.63, 3.8) is 0 Å². The van der Waals surface area contributed by atoms with Gasteiger partial charge < -0.3 is 31.6 Å². The van der Waals surface area contributed by atoms with Gasteiger partial charge in [-0.1, -0.05) is 30.7 Å². The molecule has 0 aliphatic rings. The largest absolute Gasteiger partial charge is 0.508 e. The molecular weight excluding hydrogens is 448 g/mol. The number of amides is 3. The fourth-order valence-corrected chi connectivity index (χ4v) is 3.39. The van der Waals surface area contributed by atoms with Crippen LogP contribution in [0.2, 0.25) is 0 Å². The zero-order chi connectivity index (χ0) is 25.6. The van der Waals surface area contributed by atoms with Crippen molar-refractivity contribution in [3.05, 3.63) is 65.2 Å². The number of Topliss-reactive ketones (excluding diaryl/α,β-unsaturated/α-hetero) is 1. The van der Waals surface area contributed by atoms with Crippen molar-refractivity contribution >= 4 is 23.5 Å². The molecule has 1 atom stereocenters. The van der Waals surface area contributed by atoms with E-state index in [9.17, 15) is 24.3 Å². The lowest BCUT2D eigenvalue weighted by atomic mass is 10.0. The lowest BCUT2D eigenvalue weighted by molar-refractivity contribution is -0.128. The van der Waals surface area contributed by atoms with Gasteiger partial charge in [0.2, 0.25) is 11.8 Å². The van der Waals surface area contributed by atoms with Gasteiger partial charge in [0.05, 0.1) is 6.54 Å². The van der Waals surface area contributed by atoms with Crippen molar-refractivity contribution in [2.24, 2.45) is 5.73 Å². The van der Waals surface area contributed by atoms with E-state index in [4.69, 9.17) is 5.73 Å². The Bertz CT molecular complexity index is 990. The lowest BCUT2D eigenvalue weighted by Crippen LogP contribution is -2.50. The second-order valence-electron chi connectivity index (χ2n) is 8.38. The van der Waals surface area contributed by atoms with Crippen LogP contribution >= 0.6 is 0 Å². The molecule has 0 fully saturated rings. The molecule has 0 saturated heterocycles. The van der Waals surface area contributed by atoms with Crippen LogP contribution in [0.3, 0.4) is 0 Å². The van der Waals surface area contributed by atoms with Crippen LogP contribution < -0.4 is 21.7 Å². The van der Waals surface area contributed by atoms with E-state index in [2.05, 4.69) is 16.0 Å². The number of nitrogens with two attached hydrogens (primary N) is 1. The average Bonchev–Trinajstić information content (AvgIpc) is 2.85. The van der Waals surface area contributed by atoms with Gasteiger partial charge >= 0.3 is 0 Å². The van der Waals surface area contributed by atoms with Gasteiger partial charge in [0, 0.05) is 31.5 Å². The van der Waals surface area contributed by atoms with Crippen molar-refractivity contribution in [2.75, 3.05) is 13.1 Å². The maximum absolute atomic E-state index is 12.8. The topological polar surface area (TPSA) is 151 Å². The number of carbonyl (C=O) groups is 4. The highest BCUT2D eigenvalue weighted by molar-refractivity contribution is 5.97. The van der Waals surface area contributed by atoms with Gasteiger partial charge in [-0.2, -0.15) is 0 Å². The fraction of sp³-hybridized carbons (Fsp3) is 0.385. The van der Waals surface area contributed by atoms with Crippen LogP contribution in [0, 0.1) is 0 Å². The van der Waals surface area contributed by atoms with Gasteiger partial charge in [-0.15, -0.1) is 0 Å². The maximum Gasteiger partial charge on any atom is 0.251 e. The average molecular weight is 483 g/mol. The minimum atomic E-state index is -0.856. The van der Waals surface area contributed by atoms with Crippen LogP contribution in [-0.4, -0.2) is 47.7 Å². The molecule has 0 bridgehead atoms. The minimum Gasteiger partial charge on any atom is -0.508 e.